The van der Waals surface area contributed by atoms with Gasteiger partial charge in [0.05, 0.1) is 4.70 Å². The normalized spacial score (nSPS) is 10.7. The Morgan fingerprint density at radius 3 is 2.91 bits per heavy atom. The maximum Gasteiger partial charge on any atom is 0.120 e. The minimum atomic E-state index is 0.929. The lowest BCUT2D eigenvalue weighted by molar-refractivity contribution is 1.19. The molecule has 0 unspecified atom stereocenters. The minimum Gasteiger partial charge on any atom is -0.137 e. The van der Waals surface area contributed by atoms with E-state index in [1.807, 2.05) is 12.1 Å². The summed E-state index contributed by atoms with van der Waals surface area (Å²) in [6.45, 7) is 0. The summed E-state index contributed by atoms with van der Waals surface area (Å²) in [5.74, 6) is 0. The molecular formula is C6H2Br2N2S. The van der Waals surface area contributed by atoms with Gasteiger partial charge in [0.25, 0.3) is 0 Å². The molecule has 11 heavy (non-hydrogen) atoms. The summed E-state index contributed by atoms with van der Waals surface area (Å²) < 4.78 is 6.96. The van der Waals surface area contributed by atoms with Crippen LogP contribution in [0.1, 0.15) is 0 Å². The first-order valence-corrected chi connectivity index (χ1v) is 5.20. The second kappa shape index (κ2) is 2.80. The van der Waals surface area contributed by atoms with E-state index in [-0.39, 0.29) is 0 Å². The summed E-state index contributed by atoms with van der Waals surface area (Å²) >= 11 is 8.18. The van der Waals surface area contributed by atoms with Gasteiger partial charge in [0.2, 0.25) is 0 Å². The molecule has 5 heteroatoms. The topological polar surface area (TPSA) is 25.8 Å². The largest absolute Gasteiger partial charge is 0.137 e. The van der Waals surface area contributed by atoms with Crippen molar-refractivity contribution in [2.75, 3.05) is 0 Å². The summed E-state index contributed by atoms with van der Waals surface area (Å²) in [4.78, 5) is 0. The van der Waals surface area contributed by atoms with Crippen molar-refractivity contribution in [2.24, 2.45) is 0 Å². The lowest BCUT2D eigenvalue weighted by atomic mass is 10.3. The first-order chi connectivity index (χ1) is 5.27. The monoisotopic (exact) mass is 292 g/mol. The zero-order chi connectivity index (χ0) is 7.84. The van der Waals surface area contributed by atoms with Crippen molar-refractivity contribution in [2.45, 2.75) is 0 Å². The number of fused-ring (bicyclic) bond motifs is 1. The Kier molecular flexibility index (Phi) is 1.95. The van der Waals surface area contributed by atoms with Crippen molar-refractivity contribution in [3.8, 4) is 0 Å². The SMILES string of the molecule is Brc1cc(Br)c2nnsc2c1. The van der Waals surface area contributed by atoms with E-state index in [9.17, 15) is 0 Å². The molecule has 1 heterocycles. The second-order valence-electron chi connectivity index (χ2n) is 2.01. The van der Waals surface area contributed by atoms with Gasteiger partial charge in [-0.2, -0.15) is 0 Å². The second-order valence-corrected chi connectivity index (χ2v) is 4.56. The van der Waals surface area contributed by atoms with Crippen LogP contribution in [0.5, 0.6) is 0 Å². The number of rotatable bonds is 0. The molecule has 0 spiro atoms. The smallest absolute Gasteiger partial charge is 0.120 e. The number of hydrogen-bond donors (Lipinski definition) is 0. The van der Waals surface area contributed by atoms with Gasteiger partial charge in [-0.05, 0) is 39.6 Å². The van der Waals surface area contributed by atoms with E-state index in [1.165, 1.54) is 11.5 Å². The predicted molar refractivity (Wildman–Crippen MR) is 52.8 cm³/mol. The van der Waals surface area contributed by atoms with E-state index in [2.05, 4.69) is 41.4 Å². The molecule has 0 saturated heterocycles. The number of hydrogen-bond acceptors (Lipinski definition) is 3. The number of halogens is 2. The van der Waals surface area contributed by atoms with Crippen LogP contribution in [-0.2, 0) is 0 Å². The van der Waals surface area contributed by atoms with E-state index in [1.54, 1.807) is 0 Å². The fourth-order valence-electron chi connectivity index (χ4n) is 0.814. The summed E-state index contributed by atoms with van der Waals surface area (Å²) in [6, 6.07) is 3.97. The van der Waals surface area contributed by atoms with Crippen LogP contribution in [0.15, 0.2) is 21.1 Å². The van der Waals surface area contributed by atoms with Gasteiger partial charge in [-0.1, -0.05) is 20.4 Å². The maximum absolute atomic E-state index is 3.96. The molecule has 2 nitrogen and oxygen atoms in total. The van der Waals surface area contributed by atoms with Crippen molar-refractivity contribution in [1.82, 2.24) is 9.59 Å². The lowest BCUT2D eigenvalue weighted by Crippen LogP contribution is -1.71. The highest BCUT2D eigenvalue weighted by molar-refractivity contribution is 9.11. The summed E-state index contributed by atoms with van der Waals surface area (Å²) in [5, 5.41) is 3.96. The van der Waals surface area contributed by atoms with Gasteiger partial charge in [0, 0.05) is 8.95 Å². The van der Waals surface area contributed by atoms with Crippen LogP contribution in [0.4, 0.5) is 0 Å². The van der Waals surface area contributed by atoms with Gasteiger partial charge < -0.3 is 0 Å². The quantitative estimate of drug-likeness (QED) is 0.745. The van der Waals surface area contributed by atoms with Crippen LogP contribution in [0.25, 0.3) is 10.2 Å². The Balaban J connectivity index is 2.91. The van der Waals surface area contributed by atoms with E-state index >= 15 is 0 Å². The summed E-state index contributed by atoms with van der Waals surface area (Å²) in [7, 11) is 0. The molecular weight excluding hydrogens is 292 g/mol. The molecule has 1 aromatic heterocycles. The van der Waals surface area contributed by atoms with Crippen molar-refractivity contribution in [3.05, 3.63) is 21.1 Å². The minimum absolute atomic E-state index is 0.929. The standard InChI is InChI=1S/C6H2Br2N2S/c7-3-1-4(8)6-5(2-3)11-10-9-6/h1-2H. The molecule has 0 radical (unpaired) electrons. The molecule has 0 aliphatic rings. The highest BCUT2D eigenvalue weighted by atomic mass is 79.9. The van der Waals surface area contributed by atoms with Crippen LogP contribution in [0.3, 0.4) is 0 Å². The molecule has 2 aromatic rings. The maximum atomic E-state index is 3.96. The van der Waals surface area contributed by atoms with Crippen LogP contribution < -0.4 is 0 Å². The van der Waals surface area contributed by atoms with Gasteiger partial charge in [-0.25, -0.2) is 0 Å². The van der Waals surface area contributed by atoms with Gasteiger partial charge in [0.1, 0.15) is 5.52 Å². The third kappa shape index (κ3) is 1.32. The van der Waals surface area contributed by atoms with E-state index in [0.29, 0.717) is 0 Å². The highest BCUT2D eigenvalue weighted by Crippen LogP contribution is 2.28. The summed E-state index contributed by atoms with van der Waals surface area (Å²) in [5.41, 5.74) is 0.929. The number of nitrogens with zero attached hydrogens (tertiary/aromatic N) is 2. The fourth-order valence-corrected chi connectivity index (χ4v) is 3.03. The zero-order valence-electron chi connectivity index (χ0n) is 5.21. The Morgan fingerprint density at radius 1 is 1.27 bits per heavy atom. The average molecular weight is 294 g/mol. The first-order valence-electron chi connectivity index (χ1n) is 2.84. The van der Waals surface area contributed by atoms with Crippen molar-refractivity contribution >= 4 is 53.6 Å². The third-order valence-electron chi connectivity index (χ3n) is 1.27. The molecule has 0 atom stereocenters. The van der Waals surface area contributed by atoms with E-state index in [4.69, 9.17) is 0 Å². The molecule has 0 saturated carbocycles. The van der Waals surface area contributed by atoms with Gasteiger partial charge in [-0.15, -0.1) is 5.10 Å². The molecule has 0 fully saturated rings. The summed E-state index contributed by atoms with van der Waals surface area (Å²) in [6.07, 6.45) is 0. The molecule has 1 aromatic carbocycles. The predicted octanol–water partition coefficient (Wildman–Crippen LogP) is 3.22. The van der Waals surface area contributed by atoms with Crippen molar-refractivity contribution in [1.29, 1.82) is 0 Å². The van der Waals surface area contributed by atoms with Crippen LogP contribution in [0, 0.1) is 0 Å². The van der Waals surface area contributed by atoms with Crippen molar-refractivity contribution in [3.63, 3.8) is 0 Å². The Labute approximate surface area is 84.0 Å². The van der Waals surface area contributed by atoms with Gasteiger partial charge in [0.15, 0.2) is 0 Å². The molecule has 0 bridgehead atoms. The molecule has 0 N–H and O–H groups in total. The van der Waals surface area contributed by atoms with Gasteiger partial charge in [-0.3, -0.25) is 0 Å². The van der Waals surface area contributed by atoms with Gasteiger partial charge >= 0.3 is 0 Å². The number of benzene rings is 1. The number of aromatic nitrogens is 2. The average Bonchev–Trinajstić information content (AvgIpc) is 2.34. The Morgan fingerprint density at radius 2 is 2.09 bits per heavy atom. The Bertz CT molecular complexity index is 398. The van der Waals surface area contributed by atoms with E-state index in [0.717, 1.165) is 19.2 Å². The van der Waals surface area contributed by atoms with Crippen LogP contribution in [0.2, 0.25) is 0 Å². The molecule has 56 valence electrons. The highest BCUT2D eigenvalue weighted by Gasteiger charge is 2.03. The molecule has 2 rings (SSSR count). The molecule has 0 amide bonds. The molecule has 0 aliphatic heterocycles. The Hall–Kier alpha value is -0.000000000000000111. The molecule has 0 aliphatic carbocycles. The third-order valence-corrected chi connectivity index (χ3v) is 3.01. The van der Waals surface area contributed by atoms with E-state index < -0.39 is 0 Å². The first kappa shape index (κ1) is 7.64. The van der Waals surface area contributed by atoms with Crippen LogP contribution in [-0.4, -0.2) is 9.59 Å². The zero-order valence-corrected chi connectivity index (χ0v) is 9.20. The van der Waals surface area contributed by atoms with Crippen molar-refractivity contribution < 1.29 is 0 Å². The fraction of sp³-hybridized carbons (Fsp3) is 0. The lowest BCUT2D eigenvalue weighted by Gasteiger charge is -1.91. The van der Waals surface area contributed by atoms with Crippen LogP contribution >= 0.6 is 43.4 Å².